The number of amides is 1. The zero-order valence-electron chi connectivity index (χ0n) is 22.1. The molecule has 0 spiro atoms. The first-order valence-corrected chi connectivity index (χ1v) is 14.0. The largest absolute Gasteiger partial charge is 0.444 e. The lowest BCUT2D eigenvalue weighted by molar-refractivity contribution is -0.0839. The van der Waals surface area contributed by atoms with E-state index in [1.807, 2.05) is 38.1 Å². The lowest BCUT2D eigenvalue weighted by Crippen LogP contribution is -2.55. The van der Waals surface area contributed by atoms with E-state index in [4.69, 9.17) is 9.47 Å². The van der Waals surface area contributed by atoms with Crippen LogP contribution in [-0.4, -0.2) is 87.2 Å². The van der Waals surface area contributed by atoms with Crippen molar-refractivity contribution in [1.29, 1.82) is 0 Å². The summed E-state index contributed by atoms with van der Waals surface area (Å²) in [6, 6.07) is 10.7. The Balaban J connectivity index is 1.27. The maximum atomic E-state index is 12.7. The van der Waals surface area contributed by atoms with Crippen LogP contribution in [0.3, 0.4) is 0 Å². The number of carbonyl (C=O) groups is 1. The van der Waals surface area contributed by atoms with Crippen molar-refractivity contribution in [1.82, 2.24) is 29.7 Å². The van der Waals surface area contributed by atoms with Gasteiger partial charge in [0, 0.05) is 67.4 Å². The number of carbonyl (C=O) groups excluding carboxylic acids is 1. The van der Waals surface area contributed by atoms with Gasteiger partial charge in [0.05, 0.1) is 29.1 Å². The highest BCUT2D eigenvalue weighted by molar-refractivity contribution is 7.19. The Morgan fingerprint density at radius 2 is 2.00 bits per heavy atom. The van der Waals surface area contributed by atoms with E-state index in [1.165, 1.54) is 15.8 Å². The summed E-state index contributed by atoms with van der Waals surface area (Å²) in [5.74, 6) is 0. The lowest BCUT2D eigenvalue weighted by Gasteiger charge is -2.46. The van der Waals surface area contributed by atoms with Gasteiger partial charge in [-0.05, 0) is 44.5 Å². The molecule has 38 heavy (non-hydrogen) atoms. The minimum atomic E-state index is -0.500. The number of nitrogens with one attached hydrogen (secondary N) is 1. The van der Waals surface area contributed by atoms with E-state index in [1.54, 1.807) is 17.7 Å². The number of nitrogens with zero attached hydrogens (tertiary/aromatic N) is 5. The summed E-state index contributed by atoms with van der Waals surface area (Å²) < 4.78 is 13.1. The number of piperazine rings is 1. The third kappa shape index (κ3) is 5.13. The fraction of sp³-hybridized carbons (Fsp3) is 0.464. The van der Waals surface area contributed by atoms with Crippen LogP contribution >= 0.6 is 11.3 Å². The van der Waals surface area contributed by atoms with Crippen LogP contribution in [0, 0.1) is 0 Å². The maximum absolute atomic E-state index is 12.7. The molecule has 1 aromatic carbocycles. The van der Waals surface area contributed by atoms with E-state index in [2.05, 4.69) is 55.1 Å². The number of hydrogen-bond donors (Lipinski definition) is 1. The first-order chi connectivity index (χ1) is 18.4. The molecule has 0 aliphatic carbocycles. The Hall–Kier alpha value is -3.05. The first kappa shape index (κ1) is 25.2. The second-order valence-electron chi connectivity index (χ2n) is 10.9. The van der Waals surface area contributed by atoms with E-state index in [0.717, 1.165) is 41.9 Å². The van der Waals surface area contributed by atoms with Gasteiger partial charge < -0.3 is 19.4 Å². The van der Waals surface area contributed by atoms with Crippen LogP contribution < -0.4 is 0 Å². The third-order valence-corrected chi connectivity index (χ3v) is 8.30. The summed E-state index contributed by atoms with van der Waals surface area (Å²) >= 11 is 1.75. The fourth-order valence-electron chi connectivity index (χ4n) is 5.47. The first-order valence-electron chi connectivity index (χ1n) is 13.2. The van der Waals surface area contributed by atoms with Gasteiger partial charge >= 0.3 is 6.09 Å². The number of fused-ring (bicyclic) bond motifs is 2. The molecule has 200 valence electrons. The van der Waals surface area contributed by atoms with E-state index >= 15 is 0 Å². The molecular weight excluding hydrogens is 500 g/mol. The van der Waals surface area contributed by atoms with Gasteiger partial charge in [-0.2, -0.15) is 0 Å². The second kappa shape index (κ2) is 10.3. The highest BCUT2D eigenvalue weighted by Gasteiger charge is 2.36. The summed E-state index contributed by atoms with van der Waals surface area (Å²) in [6.45, 7) is 10.8. The molecule has 2 atom stereocenters. The molecule has 5 heterocycles. The third-order valence-electron chi connectivity index (χ3n) is 7.20. The van der Waals surface area contributed by atoms with E-state index < -0.39 is 5.60 Å². The van der Waals surface area contributed by atoms with Gasteiger partial charge in [0.2, 0.25) is 0 Å². The molecule has 2 aliphatic heterocycles. The van der Waals surface area contributed by atoms with Crippen molar-refractivity contribution in [2.75, 3.05) is 45.9 Å². The molecule has 2 unspecified atom stereocenters. The standard InChI is InChI=1S/C28H34N6O3S/c1-28(2,3)37-27(35)33-11-9-32(10-12-33)26(24-15-22-25(38-24)16-29-18-31-22)34-13-14-36-23(17-34)20-5-4-6-21-19(20)7-8-30-21/h4-8,15-16,18,23,26,30H,9-14,17H2,1-3H3. The SMILES string of the molecule is CC(C)(C)OC(=O)N1CCN(C(c2cc3ncncc3s2)N2CCOC(c3cccc4[nH]ccc34)C2)CC1. The number of rotatable bonds is 4. The van der Waals surface area contributed by atoms with E-state index in [0.29, 0.717) is 19.7 Å². The van der Waals surface area contributed by atoms with Gasteiger partial charge in [-0.3, -0.25) is 9.80 Å². The highest BCUT2D eigenvalue weighted by Crippen LogP contribution is 2.38. The Morgan fingerprint density at radius 1 is 1.16 bits per heavy atom. The van der Waals surface area contributed by atoms with Crippen molar-refractivity contribution >= 4 is 38.5 Å². The molecule has 3 aromatic heterocycles. The number of aromatic amines is 1. The number of ether oxygens (including phenoxy) is 2. The van der Waals surface area contributed by atoms with Gasteiger partial charge in [0.15, 0.2) is 0 Å². The predicted molar refractivity (Wildman–Crippen MR) is 148 cm³/mol. The van der Waals surface area contributed by atoms with E-state index in [9.17, 15) is 4.79 Å². The number of aromatic nitrogens is 3. The Kier molecular flexibility index (Phi) is 6.81. The van der Waals surface area contributed by atoms with Crippen LogP contribution in [0.1, 0.15) is 43.5 Å². The molecule has 2 saturated heterocycles. The molecule has 0 bridgehead atoms. The molecule has 1 amide bonds. The lowest BCUT2D eigenvalue weighted by atomic mass is 10.0. The van der Waals surface area contributed by atoms with Gasteiger partial charge in [-0.15, -0.1) is 11.3 Å². The smallest absolute Gasteiger partial charge is 0.410 e. The van der Waals surface area contributed by atoms with Crippen molar-refractivity contribution in [3.8, 4) is 0 Å². The molecule has 1 N–H and O–H groups in total. The van der Waals surface area contributed by atoms with Gasteiger partial charge in [0.25, 0.3) is 0 Å². The summed E-state index contributed by atoms with van der Waals surface area (Å²) in [5, 5.41) is 1.21. The number of benzene rings is 1. The molecule has 9 nitrogen and oxygen atoms in total. The summed E-state index contributed by atoms with van der Waals surface area (Å²) in [4.78, 5) is 32.8. The van der Waals surface area contributed by atoms with Gasteiger partial charge in [-0.1, -0.05) is 12.1 Å². The average molecular weight is 535 g/mol. The van der Waals surface area contributed by atoms with Gasteiger partial charge in [-0.25, -0.2) is 14.8 Å². The molecule has 6 rings (SSSR count). The molecular formula is C28H34N6O3S. The van der Waals surface area contributed by atoms with Crippen LogP contribution in [0.4, 0.5) is 4.79 Å². The molecule has 10 heteroatoms. The van der Waals surface area contributed by atoms with Crippen molar-refractivity contribution in [3.63, 3.8) is 0 Å². The Bertz CT molecular complexity index is 1390. The minimum Gasteiger partial charge on any atom is -0.444 e. The molecule has 2 aliphatic rings. The van der Waals surface area contributed by atoms with Crippen LogP contribution in [0.25, 0.3) is 21.1 Å². The quantitative estimate of drug-likeness (QED) is 0.403. The monoisotopic (exact) mass is 534 g/mol. The van der Waals surface area contributed by atoms with Crippen molar-refractivity contribution in [2.24, 2.45) is 0 Å². The van der Waals surface area contributed by atoms with Gasteiger partial charge in [0.1, 0.15) is 11.9 Å². The van der Waals surface area contributed by atoms with Crippen LogP contribution in [0.5, 0.6) is 0 Å². The Labute approximate surface area is 226 Å². The van der Waals surface area contributed by atoms with Crippen LogP contribution in [0.15, 0.2) is 49.1 Å². The van der Waals surface area contributed by atoms with E-state index in [-0.39, 0.29) is 18.4 Å². The zero-order chi connectivity index (χ0) is 26.3. The zero-order valence-corrected chi connectivity index (χ0v) is 22.9. The average Bonchev–Trinajstić information content (AvgIpc) is 3.55. The molecule has 4 aromatic rings. The van der Waals surface area contributed by atoms with Crippen LogP contribution in [-0.2, 0) is 9.47 Å². The maximum Gasteiger partial charge on any atom is 0.410 e. The summed E-state index contributed by atoms with van der Waals surface area (Å²) in [7, 11) is 0. The van der Waals surface area contributed by atoms with Crippen molar-refractivity contribution in [3.05, 3.63) is 59.5 Å². The molecule has 2 fully saturated rings. The normalized spacial score (nSPS) is 20.7. The second-order valence-corrected chi connectivity index (χ2v) is 12.1. The molecule has 0 radical (unpaired) electrons. The topological polar surface area (TPSA) is 86.8 Å². The Morgan fingerprint density at radius 3 is 2.79 bits per heavy atom. The number of H-pyrrole nitrogens is 1. The summed E-state index contributed by atoms with van der Waals surface area (Å²) in [6.07, 6.45) is 5.28. The summed E-state index contributed by atoms with van der Waals surface area (Å²) in [5.41, 5.74) is 2.81. The number of hydrogen-bond acceptors (Lipinski definition) is 8. The van der Waals surface area contributed by atoms with Crippen molar-refractivity contribution < 1.29 is 14.3 Å². The fourth-order valence-corrected chi connectivity index (χ4v) is 6.63. The number of thiophene rings is 1. The highest BCUT2D eigenvalue weighted by atomic mass is 32.1. The minimum absolute atomic E-state index is 0.0250. The predicted octanol–water partition coefficient (Wildman–Crippen LogP) is 4.80. The number of morpholine rings is 1. The molecule has 0 saturated carbocycles. The van der Waals surface area contributed by atoms with Crippen LogP contribution in [0.2, 0.25) is 0 Å². The van der Waals surface area contributed by atoms with Crippen molar-refractivity contribution in [2.45, 2.75) is 38.6 Å².